The minimum Gasteiger partial charge on any atom is -0.383 e. The Hall–Kier alpha value is -0.420. The molecule has 0 bridgehead atoms. The van der Waals surface area contributed by atoms with Gasteiger partial charge in [-0.1, -0.05) is 0 Å². The summed E-state index contributed by atoms with van der Waals surface area (Å²) in [6, 6.07) is 2.29. The van der Waals surface area contributed by atoms with Gasteiger partial charge in [0.25, 0.3) is 0 Å². The van der Waals surface area contributed by atoms with E-state index < -0.39 is 0 Å². The summed E-state index contributed by atoms with van der Waals surface area (Å²) in [5, 5.41) is 5.62. The van der Waals surface area contributed by atoms with Crippen LogP contribution in [0.5, 0.6) is 0 Å². The van der Waals surface area contributed by atoms with Crippen molar-refractivity contribution in [3.8, 4) is 0 Å². The summed E-state index contributed by atoms with van der Waals surface area (Å²) in [7, 11) is 1.75. The van der Waals surface area contributed by atoms with Crippen molar-refractivity contribution in [1.82, 2.24) is 10.2 Å². The quantitative estimate of drug-likeness (QED) is 0.731. The Morgan fingerprint density at radius 2 is 2.33 bits per heavy atom. The molecule has 1 aromatic rings. The number of nitrogens with zero attached hydrogens (tertiary/aromatic N) is 1. The normalized spacial score (nSPS) is 15.8. The Kier molecular flexibility index (Phi) is 6.14. The van der Waals surface area contributed by atoms with Crippen LogP contribution in [0.25, 0.3) is 0 Å². The van der Waals surface area contributed by atoms with Gasteiger partial charge < -0.3 is 10.1 Å². The maximum atomic E-state index is 5.00. The highest BCUT2D eigenvalue weighted by molar-refractivity contribution is 7.10. The van der Waals surface area contributed by atoms with Gasteiger partial charge in [0.1, 0.15) is 0 Å². The van der Waals surface area contributed by atoms with Gasteiger partial charge >= 0.3 is 0 Å². The molecule has 4 heteroatoms. The van der Waals surface area contributed by atoms with Crippen LogP contribution in [-0.4, -0.2) is 44.8 Å². The van der Waals surface area contributed by atoms with Gasteiger partial charge in [-0.05, 0) is 49.4 Å². The van der Waals surface area contributed by atoms with Crippen LogP contribution < -0.4 is 5.32 Å². The van der Waals surface area contributed by atoms with Crippen LogP contribution in [0.15, 0.2) is 11.4 Å². The lowest BCUT2D eigenvalue weighted by Crippen LogP contribution is -2.31. The van der Waals surface area contributed by atoms with E-state index in [1.165, 1.54) is 32.4 Å². The molecule has 0 fully saturated rings. The van der Waals surface area contributed by atoms with E-state index in [-0.39, 0.29) is 0 Å². The number of methoxy groups -OCH3 is 1. The van der Waals surface area contributed by atoms with Crippen molar-refractivity contribution in [3.63, 3.8) is 0 Å². The van der Waals surface area contributed by atoms with E-state index in [0.29, 0.717) is 0 Å². The molecular formula is C14H24N2OS. The number of rotatable bonds is 8. The molecule has 2 rings (SSSR count). The second-order valence-electron chi connectivity index (χ2n) is 4.85. The summed E-state index contributed by atoms with van der Waals surface area (Å²) in [4.78, 5) is 4.19. The van der Waals surface area contributed by atoms with E-state index in [0.717, 1.165) is 26.2 Å². The maximum Gasteiger partial charge on any atom is 0.0587 e. The third-order valence-corrected chi connectivity index (χ3v) is 4.47. The fourth-order valence-electron chi connectivity index (χ4n) is 2.38. The molecule has 2 heterocycles. The van der Waals surface area contributed by atoms with E-state index >= 15 is 0 Å². The number of unbranched alkanes of at least 4 members (excludes halogenated alkanes) is 1. The van der Waals surface area contributed by atoms with E-state index in [2.05, 4.69) is 21.7 Å². The van der Waals surface area contributed by atoms with Crippen LogP contribution in [0, 0.1) is 0 Å². The van der Waals surface area contributed by atoms with Gasteiger partial charge in [0.2, 0.25) is 0 Å². The average Bonchev–Trinajstić information content (AvgIpc) is 2.85. The molecule has 0 aliphatic carbocycles. The number of nitrogens with one attached hydrogen (secondary N) is 1. The molecule has 0 spiro atoms. The molecule has 0 unspecified atom stereocenters. The van der Waals surface area contributed by atoms with E-state index in [1.54, 1.807) is 17.6 Å². The molecular weight excluding hydrogens is 244 g/mol. The van der Waals surface area contributed by atoms with Gasteiger partial charge in [-0.3, -0.25) is 4.90 Å². The molecule has 0 atom stereocenters. The van der Waals surface area contributed by atoms with Crippen LogP contribution in [0.2, 0.25) is 0 Å². The highest BCUT2D eigenvalue weighted by atomic mass is 32.1. The van der Waals surface area contributed by atoms with Gasteiger partial charge in [-0.25, -0.2) is 0 Å². The molecule has 1 aliphatic heterocycles. The van der Waals surface area contributed by atoms with Crippen molar-refractivity contribution in [3.05, 3.63) is 21.9 Å². The molecule has 0 aromatic carbocycles. The molecule has 18 heavy (non-hydrogen) atoms. The highest BCUT2D eigenvalue weighted by Gasteiger charge is 2.16. The van der Waals surface area contributed by atoms with E-state index in [1.807, 2.05) is 11.3 Å². The summed E-state index contributed by atoms with van der Waals surface area (Å²) in [6.07, 6.45) is 3.80. The fraction of sp³-hybridized carbons (Fsp3) is 0.714. The Morgan fingerprint density at radius 1 is 1.39 bits per heavy atom. The van der Waals surface area contributed by atoms with Crippen LogP contribution in [0.4, 0.5) is 0 Å². The number of ether oxygens (including phenoxy) is 1. The third kappa shape index (κ3) is 4.35. The van der Waals surface area contributed by atoms with Gasteiger partial charge in [0.05, 0.1) is 6.61 Å². The van der Waals surface area contributed by atoms with Crippen molar-refractivity contribution in [2.24, 2.45) is 0 Å². The minimum atomic E-state index is 0.813. The Bertz CT molecular complexity index is 340. The summed E-state index contributed by atoms with van der Waals surface area (Å²) in [5.41, 5.74) is 1.56. The summed E-state index contributed by atoms with van der Waals surface area (Å²) < 4.78 is 5.00. The van der Waals surface area contributed by atoms with Gasteiger partial charge in [0, 0.05) is 31.6 Å². The van der Waals surface area contributed by atoms with Crippen LogP contribution >= 0.6 is 11.3 Å². The number of hydrogen-bond donors (Lipinski definition) is 1. The number of fused-ring (bicyclic) bond motifs is 1. The predicted molar refractivity (Wildman–Crippen MR) is 77.3 cm³/mol. The largest absolute Gasteiger partial charge is 0.383 e. The first-order valence-corrected chi connectivity index (χ1v) is 7.75. The second kappa shape index (κ2) is 7.89. The second-order valence-corrected chi connectivity index (χ2v) is 5.85. The first-order valence-electron chi connectivity index (χ1n) is 6.87. The summed E-state index contributed by atoms with van der Waals surface area (Å²) >= 11 is 1.92. The first kappa shape index (κ1) is 14.0. The molecule has 0 amide bonds. The fourth-order valence-corrected chi connectivity index (χ4v) is 3.27. The lowest BCUT2D eigenvalue weighted by Gasteiger charge is -2.26. The SMILES string of the molecule is COCCNCCCCN1CCc2sccc2C1. The van der Waals surface area contributed by atoms with Crippen molar-refractivity contribution in [2.75, 3.05) is 39.9 Å². The Morgan fingerprint density at radius 3 is 3.22 bits per heavy atom. The van der Waals surface area contributed by atoms with Gasteiger partial charge in [-0.2, -0.15) is 0 Å². The molecule has 1 aliphatic rings. The molecule has 1 aromatic heterocycles. The summed E-state index contributed by atoms with van der Waals surface area (Å²) in [6.45, 7) is 6.54. The minimum absolute atomic E-state index is 0.813. The zero-order chi connectivity index (χ0) is 12.6. The first-order chi connectivity index (χ1) is 8.90. The van der Waals surface area contributed by atoms with Crippen molar-refractivity contribution >= 4 is 11.3 Å². The van der Waals surface area contributed by atoms with Crippen molar-refractivity contribution < 1.29 is 4.74 Å². The monoisotopic (exact) mass is 268 g/mol. The van der Waals surface area contributed by atoms with Crippen molar-refractivity contribution in [2.45, 2.75) is 25.8 Å². The Labute approximate surface area is 114 Å². The zero-order valence-electron chi connectivity index (χ0n) is 11.3. The van der Waals surface area contributed by atoms with Crippen LogP contribution in [0.1, 0.15) is 23.3 Å². The van der Waals surface area contributed by atoms with E-state index in [9.17, 15) is 0 Å². The lowest BCUT2D eigenvalue weighted by atomic mass is 10.1. The molecule has 3 nitrogen and oxygen atoms in total. The topological polar surface area (TPSA) is 24.5 Å². The van der Waals surface area contributed by atoms with Gasteiger partial charge in [-0.15, -0.1) is 11.3 Å². The molecule has 0 saturated carbocycles. The summed E-state index contributed by atoms with van der Waals surface area (Å²) in [5.74, 6) is 0. The highest BCUT2D eigenvalue weighted by Crippen LogP contribution is 2.23. The Balaban J connectivity index is 1.53. The molecule has 102 valence electrons. The average molecular weight is 268 g/mol. The maximum absolute atomic E-state index is 5.00. The molecule has 0 saturated heterocycles. The predicted octanol–water partition coefficient (Wildman–Crippen LogP) is 2.12. The number of thiophene rings is 1. The van der Waals surface area contributed by atoms with Gasteiger partial charge in [0.15, 0.2) is 0 Å². The zero-order valence-corrected chi connectivity index (χ0v) is 12.1. The third-order valence-electron chi connectivity index (χ3n) is 3.45. The van der Waals surface area contributed by atoms with Crippen LogP contribution in [-0.2, 0) is 17.7 Å². The lowest BCUT2D eigenvalue weighted by molar-refractivity contribution is 0.199. The molecule has 1 N–H and O–H groups in total. The number of hydrogen-bond acceptors (Lipinski definition) is 4. The smallest absolute Gasteiger partial charge is 0.0587 e. The van der Waals surface area contributed by atoms with Crippen LogP contribution in [0.3, 0.4) is 0 Å². The standard InChI is InChI=1S/C14H24N2OS/c1-17-10-7-15-6-2-3-8-16-9-4-14-13(12-16)5-11-18-14/h5,11,15H,2-4,6-10,12H2,1H3. The van der Waals surface area contributed by atoms with E-state index in [4.69, 9.17) is 4.74 Å². The van der Waals surface area contributed by atoms with Crippen molar-refractivity contribution in [1.29, 1.82) is 0 Å². The molecule has 0 radical (unpaired) electrons.